The molecular weight excluding hydrogens is 523 g/mol. The second kappa shape index (κ2) is 12.4. The molecule has 2 aromatic rings. The summed E-state index contributed by atoms with van der Waals surface area (Å²) in [4.78, 5) is 42.3. The zero-order valence-electron chi connectivity index (χ0n) is 21.1. The molecular formula is C27H29F5N4O3. The fourth-order valence-electron chi connectivity index (χ4n) is 5.01. The van der Waals surface area contributed by atoms with E-state index in [9.17, 15) is 36.3 Å². The van der Waals surface area contributed by atoms with Gasteiger partial charge in [-0.15, -0.1) is 0 Å². The predicted molar refractivity (Wildman–Crippen MR) is 132 cm³/mol. The Hall–Kier alpha value is -3.70. The number of halogens is 5. The van der Waals surface area contributed by atoms with Gasteiger partial charge in [-0.1, -0.05) is 30.3 Å². The van der Waals surface area contributed by atoms with Gasteiger partial charge >= 0.3 is 6.03 Å². The van der Waals surface area contributed by atoms with Crippen molar-refractivity contribution in [2.24, 2.45) is 5.92 Å². The van der Waals surface area contributed by atoms with Crippen LogP contribution >= 0.6 is 0 Å². The molecule has 0 unspecified atom stereocenters. The molecule has 2 heterocycles. The van der Waals surface area contributed by atoms with Crippen LogP contribution in [0, 0.1) is 35.0 Å². The summed E-state index contributed by atoms with van der Waals surface area (Å²) >= 11 is 0. The van der Waals surface area contributed by atoms with Crippen LogP contribution in [0.4, 0.5) is 32.4 Å². The van der Waals surface area contributed by atoms with Crippen molar-refractivity contribution < 1.29 is 36.3 Å². The van der Waals surface area contributed by atoms with Gasteiger partial charge in [0.25, 0.3) is 0 Å². The maximum Gasteiger partial charge on any atom is 0.320 e. The number of piperidine rings is 2. The molecule has 1 atom stereocenters. The Labute approximate surface area is 222 Å². The van der Waals surface area contributed by atoms with Crippen LogP contribution in [0.1, 0.15) is 37.7 Å². The molecule has 2 aliphatic rings. The van der Waals surface area contributed by atoms with Crippen LogP contribution < -0.4 is 10.6 Å². The van der Waals surface area contributed by atoms with Gasteiger partial charge in [-0.05, 0) is 37.7 Å². The lowest BCUT2D eigenvalue weighted by atomic mass is 9.93. The molecule has 2 saturated heterocycles. The molecule has 210 valence electrons. The van der Waals surface area contributed by atoms with Gasteiger partial charge in [-0.25, -0.2) is 26.7 Å². The van der Waals surface area contributed by atoms with Crippen molar-refractivity contribution in [3.05, 3.63) is 65.0 Å². The molecule has 7 nitrogen and oxygen atoms in total. The van der Waals surface area contributed by atoms with E-state index in [1.165, 1.54) is 4.90 Å². The number of nitrogens with zero attached hydrogens (tertiary/aromatic N) is 2. The molecule has 0 saturated carbocycles. The molecule has 4 rings (SSSR count). The van der Waals surface area contributed by atoms with Crippen molar-refractivity contribution in [2.45, 2.75) is 44.6 Å². The van der Waals surface area contributed by atoms with Crippen molar-refractivity contribution in [3.63, 3.8) is 0 Å². The number of rotatable bonds is 6. The Morgan fingerprint density at radius 3 is 1.92 bits per heavy atom. The number of carbonyl (C=O) groups excluding carboxylic acids is 3. The van der Waals surface area contributed by atoms with Crippen LogP contribution in [0.15, 0.2) is 30.3 Å². The van der Waals surface area contributed by atoms with E-state index >= 15 is 0 Å². The average Bonchev–Trinajstić information content (AvgIpc) is 2.97. The summed E-state index contributed by atoms with van der Waals surface area (Å²) in [5, 5.41) is 3.97. The van der Waals surface area contributed by atoms with Crippen molar-refractivity contribution >= 4 is 23.5 Å². The number of carbonyl (C=O) groups is 3. The summed E-state index contributed by atoms with van der Waals surface area (Å²) in [5.74, 6) is -11.8. The average molecular weight is 553 g/mol. The Morgan fingerprint density at radius 2 is 1.33 bits per heavy atom. The molecule has 0 bridgehead atoms. The van der Waals surface area contributed by atoms with Crippen LogP contribution in [0.2, 0.25) is 0 Å². The minimum Gasteiger partial charge on any atom is -0.342 e. The molecule has 12 heteroatoms. The third-order valence-electron chi connectivity index (χ3n) is 7.16. The van der Waals surface area contributed by atoms with E-state index in [-0.39, 0.29) is 31.3 Å². The lowest BCUT2D eigenvalue weighted by molar-refractivity contribution is -0.142. The molecule has 39 heavy (non-hydrogen) atoms. The summed E-state index contributed by atoms with van der Waals surface area (Å²) in [6.45, 7) is 2.02. The number of benzene rings is 2. The second-order valence-electron chi connectivity index (χ2n) is 9.77. The minimum atomic E-state index is -2.35. The van der Waals surface area contributed by atoms with E-state index in [1.807, 2.05) is 4.90 Å². The molecule has 0 aromatic heterocycles. The largest absolute Gasteiger partial charge is 0.342 e. The molecule has 2 fully saturated rings. The van der Waals surface area contributed by atoms with Gasteiger partial charge in [-0.3, -0.25) is 9.59 Å². The summed E-state index contributed by atoms with van der Waals surface area (Å²) in [6, 6.07) is 6.12. The van der Waals surface area contributed by atoms with Crippen molar-refractivity contribution in [1.82, 2.24) is 15.1 Å². The molecule has 2 aliphatic heterocycles. The smallest absolute Gasteiger partial charge is 0.320 e. The summed E-state index contributed by atoms with van der Waals surface area (Å²) in [5.41, 5.74) is -0.852. The highest BCUT2D eigenvalue weighted by Gasteiger charge is 2.34. The topological polar surface area (TPSA) is 81.8 Å². The Kier molecular flexibility index (Phi) is 9.03. The number of amides is 4. The summed E-state index contributed by atoms with van der Waals surface area (Å²) < 4.78 is 68.6. The monoisotopic (exact) mass is 552 g/mol. The zero-order valence-corrected chi connectivity index (χ0v) is 21.1. The van der Waals surface area contributed by atoms with E-state index in [1.54, 1.807) is 35.6 Å². The molecule has 0 spiro atoms. The van der Waals surface area contributed by atoms with Crippen LogP contribution in [0.25, 0.3) is 0 Å². The van der Waals surface area contributed by atoms with Gasteiger partial charge in [0.2, 0.25) is 17.6 Å². The number of anilines is 1. The highest BCUT2D eigenvalue weighted by molar-refractivity contribution is 5.94. The number of urea groups is 1. The number of likely N-dealkylation sites (tertiary alicyclic amines) is 2. The molecule has 2 N–H and O–H groups in total. The van der Waals surface area contributed by atoms with E-state index in [2.05, 4.69) is 5.32 Å². The zero-order chi connectivity index (χ0) is 28.1. The van der Waals surface area contributed by atoms with Gasteiger partial charge in [0.15, 0.2) is 23.3 Å². The molecule has 2 aromatic carbocycles. The second-order valence-corrected chi connectivity index (χ2v) is 9.77. The third kappa shape index (κ3) is 6.48. The van der Waals surface area contributed by atoms with Gasteiger partial charge in [0, 0.05) is 38.5 Å². The molecule has 0 radical (unpaired) electrons. The number of nitrogens with one attached hydrogen (secondary N) is 2. The van der Waals surface area contributed by atoms with E-state index in [0.29, 0.717) is 18.4 Å². The van der Waals surface area contributed by atoms with Gasteiger partial charge in [0.1, 0.15) is 11.7 Å². The van der Waals surface area contributed by atoms with Crippen LogP contribution in [-0.2, 0) is 16.0 Å². The highest BCUT2D eigenvalue weighted by Crippen LogP contribution is 2.27. The van der Waals surface area contributed by atoms with Crippen molar-refractivity contribution in [3.8, 4) is 0 Å². The minimum absolute atomic E-state index is 0.0107. The maximum atomic E-state index is 14.1. The first-order valence-corrected chi connectivity index (χ1v) is 12.9. The maximum absolute atomic E-state index is 14.1. The first-order valence-electron chi connectivity index (χ1n) is 12.9. The molecule has 0 aliphatic carbocycles. The fourth-order valence-corrected chi connectivity index (χ4v) is 5.01. The van der Waals surface area contributed by atoms with Gasteiger partial charge < -0.3 is 20.4 Å². The lowest BCUT2D eigenvalue weighted by Gasteiger charge is -2.37. The normalized spacial score (nSPS) is 17.1. The summed E-state index contributed by atoms with van der Waals surface area (Å²) in [6.07, 6.45) is 3.97. The van der Waals surface area contributed by atoms with Crippen LogP contribution in [-0.4, -0.2) is 59.9 Å². The van der Waals surface area contributed by atoms with Crippen molar-refractivity contribution in [2.75, 3.05) is 31.5 Å². The lowest BCUT2D eigenvalue weighted by Crippen LogP contribution is -2.53. The number of hydrogen-bond acceptors (Lipinski definition) is 3. The molecule has 4 amide bonds. The van der Waals surface area contributed by atoms with E-state index in [4.69, 9.17) is 0 Å². The van der Waals surface area contributed by atoms with Gasteiger partial charge in [0.05, 0.1) is 0 Å². The van der Waals surface area contributed by atoms with E-state index in [0.717, 1.165) is 32.4 Å². The predicted octanol–water partition coefficient (Wildman–Crippen LogP) is 4.37. The first kappa shape index (κ1) is 28.3. The van der Waals surface area contributed by atoms with E-state index < -0.39 is 52.8 Å². The van der Waals surface area contributed by atoms with Crippen molar-refractivity contribution in [1.29, 1.82) is 0 Å². The Morgan fingerprint density at radius 1 is 0.769 bits per heavy atom. The fraction of sp³-hybridized carbons (Fsp3) is 0.444. The quantitative estimate of drug-likeness (QED) is 0.318. The van der Waals surface area contributed by atoms with Crippen LogP contribution in [0.5, 0.6) is 0 Å². The number of hydrogen-bond donors (Lipinski definition) is 2. The first-order chi connectivity index (χ1) is 18.7. The standard InChI is InChI=1S/C27H29F5N4O3/c28-19-20(29)22(31)24(23(32)21(19)30)34-27(39)33-18(15-16-7-3-1-4-8-16)26(38)36-13-9-17(10-14-36)25(37)35-11-5-2-6-12-35/h1,3-4,7-8,17-18H,2,5-6,9-15H2,(H2,33,34,39)/t18-/m0/s1. The highest BCUT2D eigenvalue weighted by atomic mass is 19.2. The Balaban J connectivity index is 1.45. The van der Waals surface area contributed by atoms with Crippen LogP contribution in [0.3, 0.4) is 0 Å². The summed E-state index contributed by atoms with van der Waals surface area (Å²) in [7, 11) is 0. The SMILES string of the molecule is O=C(Nc1c(F)c(F)c(F)c(F)c1F)N[C@@H](Cc1ccccc1)C(=O)N1CCC(C(=O)N2CCCCC2)CC1. The third-order valence-corrected chi connectivity index (χ3v) is 7.16. The van der Waals surface area contributed by atoms with Gasteiger partial charge in [-0.2, -0.15) is 0 Å². The Bertz CT molecular complexity index is 1190.